The standard InChI is InChI=1S/C13H12N4S/c1-9-12(14)17-13(16-9)11(4-6-15-17)3-2-10-5-7-18-8-10/h2-8H,14H2,1H3/b3-2+. The van der Waals surface area contributed by atoms with Gasteiger partial charge >= 0.3 is 0 Å². The van der Waals surface area contributed by atoms with E-state index in [1.807, 2.05) is 19.1 Å². The Morgan fingerprint density at radius 2 is 2.22 bits per heavy atom. The van der Waals surface area contributed by atoms with Crippen molar-refractivity contribution in [2.24, 2.45) is 0 Å². The van der Waals surface area contributed by atoms with E-state index in [1.54, 1.807) is 22.0 Å². The van der Waals surface area contributed by atoms with Gasteiger partial charge in [0.1, 0.15) is 5.82 Å². The summed E-state index contributed by atoms with van der Waals surface area (Å²) in [6.45, 7) is 1.89. The van der Waals surface area contributed by atoms with E-state index in [0.29, 0.717) is 5.82 Å². The molecule has 0 aliphatic heterocycles. The zero-order chi connectivity index (χ0) is 12.5. The van der Waals surface area contributed by atoms with Crippen molar-refractivity contribution in [3.63, 3.8) is 0 Å². The van der Waals surface area contributed by atoms with Gasteiger partial charge in [0, 0.05) is 11.8 Å². The van der Waals surface area contributed by atoms with Crippen molar-refractivity contribution < 1.29 is 0 Å². The number of fused-ring (bicyclic) bond motifs is 1. The first-order chi connectivity index (χ1) is 8.75. The van der Waals surface area contributed by atoms with Crippen LogP contribution in [0.25, 0.3) is 17.8 Å². The fourth-order valence-corrected chi connectivity index (χ4v) is 2.40. The Bertz CT molecular complexity index is 710. The molecule has 18 heavy (non-hydrogen) atoms. The summed E-state index contributed by atoms with van der Waals surface area (Å²) < 4.78 is 1.67. The molecule has 4 nitrogen and oxygen atoms in total. The fraction of sp³-hybridized carbons (Fsp3) is 0.0769. The smallest absolute Gasteiger partial charge is 0.163 e. The number of imidazole rings is 1. The molecule has 0 aliphatic rings. The van der Waals surface area contributed by atoms with Gasteiger partial charge in [0.25, 0.3) is 0 Å². The maximum atomic E-state index is 5.91. The topological polar surface area (TPSA) is 56.2 Å². The molecule has 0 aromatic carbocycles. The number of rotatable bonds is 2. The average molecular weight is 256 g/mol. The minimum atomic E-state index is 0.593. The Morgan fingerprint density at radius 1 is 1.33 bits per heavy atom. The van der Waals surface area contributed by atoms with Crippen molar-refractivity contribution in [2.75, 3.05) is 5.73 Å². The molecule has 5 heteroatoms. The molecule has 2 N–H and O–H groups in total. The molecule has 0 radical (unpaired) electrons. The second-order valence-electron chi connectivity index (χ2n) is 3.99. The van der Waals surface area contributed by atoms with Crippen molar-refractivity contribution in [2.45, 2.75) is 6.92 Å². The van der Waals surface area contributed by atoms with Gasteiger partial charge in [-0.2, -0.15) is 21.0 Å². The second-order valence-corrected chi connectivity index (χ2v) is 4.77. The molecule has 0 saturated heterocycles. The van der Waals surface area contributed by atoms with Crippen LogP contribution < -0.4 is 5.73 Å². The maximum Gasteiger partial charge on any atom is 0.163 e. The van der Waals surface area contributed by atoms with Crippen LogP contribution in [0.2, 0.25) is 0 Å². The highest BCUT2D eigenvalue weighted by Gasteiger charge is 2.08. The summed E-state index contributed by atoms with van der Waals surface area (Å²) in [5, 5.41) is 8.36. The van der Waals surface area contributed by atoms with E-state index >= 15 is 0 Å². The van der Waals surface area contributed by atoms with Crippen molar-refractivity contribution in [3.8, 4) is 0 Å². The molecule has 0 spiro atoms. The molecular formula is C13H12N4S. The van der Waals surface area contributed by atoms with Crippen LogP contribution in [0.1, 0.15) is 16.8 Å². The molecule has 0 saturated carbocycles. The third-order valence-corrected chi connectivity index (χ3v) is 3.47. The van der Waals surface area contributed by atoms with Crippen LogP contribution >= 0.6 is 11.3 Å². The van der Waals surface area contributed by atoms with Crippen LogP contribution in [-0.2, 0) is 0 Å². The van der Waals surface area contributed by atoms with E-state index in [1.165, 1.54) is 5.56 Å². The van der Waals surface area contributed by atoms with Gasteiger partial charge in [0.2, 0.25) is 0 Å². The normalized spacial score (nSPS) is 11.6. The highest BCUT2D eigenvalue weighted by Crippen LogP contribution is 2.18. The predicted octanol–water partition coefficient (Wildman–Crippen LogP) is 2.85. The summed E-state index contributed by atoms with van der Waals surface area (Å²) in [6, 6.07) is 4.01. The molecular weight excluding hydrogens is 244 g/mol. The zero-order valence-electron chi connectivity index (χ0n) is 9.87. The lowest BCUT2D eigenvalue weighted by atomic mass is 10.2. The Hall–Kier alpha value is -2.14. The van der Waals surface area contributed by atoms with E-state index in [2.05, 4.69) is 33.0 Å². The molecule has 0 atom stereocenters. The van der Waals surface area contributed by atoms with Gasteiger partial charge in [0.15, 0.2) is 5.65 Å². The van der Waals surface area contributed by atoms with Crippen molar-refractivity contribution in [1.29, 1.82) is 0 Å². The van der Waals surface area contributed by atoms with Crippen molar-refractivity contribution >= 4 is 35.0 Å². The van der Waals surface area contributed by atoms with Crippen LogP contribution in [0.3, 0.4) is 0 Å². The molecule has 3 rings (SSSR count). The van der Waals surface area contributed by atoms with Crippen LogP contribution in [0.4, 0.5) is 5.82 Å². The zero-order valence-corrected chi connectivity index (χ0v) is 10.7. The molecule has 0 amide bonds. The number of nitrogen functional groups attached to an aromatic ring is 1. The van der Waals surface area contributed by atoms with Gasteiger partial charge < -0.3 is 5.73 Å². The number of thiophene rings is 1. The number of hydrogen-bond acceptors (Lipinski definition) is 4. The van der Waals surface area contributed by atoms with Crippen molar-refractivity contribution in [1.82, 2.24) is 14.6 Å². The van der Waals surface area contributed by atoms with Gasteiger partial charge in [-0.1, -0.05) is 12.2 Å². The van der Waals surface area contributed by atoms with Gasteiger partial charge in [-0.15, -0.1) is 0 Å². The number of aromatic nitrogens is 3. The SMILES string of the molecule is Cc1nc2c(/C=C/c3ccsc3)ccnn2c1N. The van der Waals surface area contributed by atoms with Gasteiger partial charge in [-0.3, -0.25) is 0 Å². The van der Waals surface area contributed by atoms with E-state index in [-0.39, 0.29) is 0 Å². The molecule has 0 aliphatic carbocycles. The summed E-state index contributed by atoms with van der Waals surface area (Å²) in [5.41, 5.74) is 9.71. The van der Waals surface area contributed by atoms with Gasteiger partial charge in [-0.25, -0.2) is 4.98 Å². The monoisotopic (exact) mass is 256 g/mol. The van der Waals surface area contributed by atoms with Gasteiger partial charge in [0.05, 0.1) is 5.69 Å². The van der Waals surface area contributed by atoms with E-state index < -0.39 is 0 Å². The highest BCUT2D eigenvalue weighted by atomic mass is 32.1. The number of anilines is 1. The van der Waals surface area contributed by atoms with Crippen LogP contribution in [0.5, 0.6) is 0 Å². The van der Waals surface area contributed by atoms with Crippen LogP contribution in [0.15, 0.2) is 29.1 Å². The maximum absolute atomic E-state index is 5.91. The van der Waals surface area contributed by atoms with E-state index in [4.69, 9.17) is 5.73 Å². The first-order valence-corrected chi connectivity index (χ1v) is 6.50. The number of aryl methyl sites for hydroxylation is 1. The quantitative estimate of drug-likeness (QED) is 0.767. The minimum Gasteiger partial charge on any atom is -0.382 e. The summed E-state index contributed by atoms with van der Waals surface area (Å²) in [4.78, 5) is 4.44. The molecule has 90 valence electrons. The van der Waals surface area contributed by atoms with Gasteiger partial charge in [-0.05, 0) is 35.4 Å². The Morgan fingerprint density at radius 3 is 3.00 bits per heavy atom. The predicted molar refractivity (Wildman–Crippen MR) is 75.4 cm³/mol. The minimum absolute atomic E-state index is 0.593. The molecule has 3 aromatic heterocycles. The number of hydrogen-bond donors (Lipinski definition) is 1. The first-order valence-electron chi connectivity index (χ1n) is 5.56. The summed E-state index contributed by atoms with van der Waals surface area (Å²) in [6.07, 6.45) is 5.83. The molecule has 0 fully saturated rings. The Kier molecular flexibility index (Phi) is 2.60. The lowest BCUT2D eigenvalue weighted by Crippen LogP contribution is -1.98. The lowest BCUT2D eigenvalue weighted by molar-refractivity contribution is 0.943. The molecule has 3 aromatic rings. The molecule has 0 unspecified atom stereocenters. The van der Waals surface area contributed by atoms with Crippen LogP contribution in [0, 0.1) is 6.92 Å². The first kappa shape index (κ1) is 11.0. The van der Waals surface area contributed by atoms with E-state index in [9.17, 15) is 0 Å². The third-order valence-electron chi connectivity index (χ3n) is 2.77. The Labute approximate surface area is 108 Å². The Balaban J connectivity index is 2.10. The van der Waals surface area contributed by atoms with Crippen LogP contribution in [-0.4, -0.2) is 14.6 Å². The van der Waals surface area contributed by atoms with Crippen molar-refractivity contribution in [3.05, 3.63) is 45.9 Å². The summed E-state index contributed by atoms with van der Waals surface area (Å²) >= 11 is 1.68. The third kappa shape index (κ3) is 1.78. The second kappa shape index (κ2) is 4.27. The largest absolute Gasteiger partial charge is 0.382 e. The number of nitrogens with zero attached hydrogens (tertiary/aromatic N) is 3. The lowest BCUT2D eigenvalue weighted by Gasteiger charge is -1.97. The fourth-order valence-electron chi connectivity index (χ4n) is 1.78. The number of nitrogens with two attached hydrogens (primary N) is 1. The van der Waals surface area contributed by atoms with E-state index in [0.717, 1.165) is 16.9 Å². The highest BCUT2D eigenvalue weighted by molar-refractivity contribution is 7.08. The molecule has 0 bridgehead atoms. The summed E-state index contributed by atoms with van der Waals surface area (Å²) in [5.74, 6) is 0.593. The molecule has 3 heterocycles. The summed E-state index contributed by atoms with van der Waals surface area (Å²) in [7, 11) is 0. The average Bonchev–Trinajstić information content (AvgIpc) is 2.98.